The van der Waals surface area contributed by atoms with Crippen LogP contribution in [0.2, 0.25) is 0 Å². The second-order valence-corrected chi connectivity index (χ2v) is 3.90. The molecule has 0 saturated carbocycles. The van der Waals surface area contributed by atoms with Crippen molar-refractivity contribution >= 4 is 0 Å². The van der Waals surface area contributed by atoms with Crippen molar-refractivity contribution in [2.24, 2.45) is 0 Å². The van der Waals surface area contributed by atoms with Crippen molar-refractivity contribution in [2.45, 2.75) is 20.0 Å². The first kappa shape index (κ1) is 12.5. The van der Waals surface area contributed by atoms with E-state index in [4.69, 9.17) is 0 Å². The van der Waals surface area contributed by atoms with Crippen LogP contribution >= 0.6 is 0 Å². The normalized spacial score (nSPS) is 11.6. The van der Waals surface area contributed by atoms with Gasteiger partial charge in [-0.2, -0.15) is 13.2 Å². The summed E-state index contributed by atoms with van der Waals surface area (Å²) in [4.78, 5) is 11.5. The van der Waals surface area contributed by atoms with Gasteiger partial charge in [-0.25, -0.2) is 15.0 Å². The Hall–Kier alpha value is -1.98. The van der Waals surface area contributed by atoms with Crippen molar-refractivity contribution < 1.29 is 13.2 Å². The minimum absolute atomic E-state index is 0.269. The van der Waals surface area contributed by atoms with Crippen LogP contribution in [0.25, 0.3) is 11.4 Å². The Bertz CT molecular complexity index is 579. The Balaban J connectivity index is 2.55. The maximum atomic E-state index is 12.6. The molecule has 0 fully saturated rings. The standard InChI is InChI=1S/C12H10F3N3/c1-7-3-4-16-11(18-7)9-5-8(2)17-10(6-9)12(13,14)15/h3-6H,1-2H3. The van der Waals surface area contributed by atoms with Crippen molar-refractivity contribution in [2.75, 3.05) is 0 Å². The minimum Gasteiger partial charge on any atom is -0.249 e. The van der Waals surface area contributed by atoms with Gasteiger partial charge in [0, 0.05) is 23.1 Å². The third-order valence-electron chi connectivity index (χ3n) is 2.30. The van der Waals surface area contributed by atoms with Gasteiger partial charge in [-0.15, -0.1) is 0 Å². The molecule has 2 aromatic heterocycles. The van der Waals surface area contributed by atoms with Crippen LogP contribution < -0.4 is 0 Å². The van der Waals surface area contributed by atoms with Gasteiger partial charge in [0.15, 0.2) is 5.82 Å². The summed E-state index contributed by atoms with van der Waals surface area (Å²) in [6.07, 6.45) is -2.95. The van der Waals surface area contributed by atoms with Crippen LogP contribution in [0.15, 0.2) is 24.4 Å². The molecule has 18 heavy (non-hydrogen) atoms. The molecule has 3 nitrogen and oxygen atoms in total. The largest absolute Gasteiger partial charge is 0.433 e. The fraction of sp³-hybridized carbons (Fsp3) is 0.250. The molecule has 94 valence electrons. The summed E-state index contributed by atoms with van der Waals surface area (Å²) < 4.78 is 37.9. The van der Waals surface area contributed by atoms with E-state index in [-0.39, 0.29) is 11.5 Å². The summed E-state index contributed by atoms with van der Waals surface area (Å²) in [6, 6.07) is 4.17. The molecular weight excluding hydrogens is 243 g/mol. The van der Waals surface area contributed by atoms with Gasteiger partial charge < -0.3 is 0 Å². The number of nitrogens with zero attached hydrogens (tertiary/aromatic N) is 3. The number of hydrogen-bond donors (Lipinski definition) is 0. The van der Waals surface area contributed by atoms with Crippen LogP contribution in [0, 0.1) is 13.8 Å². The van der Waals surface area contributed by atoms with Crippen LogP contribution in [-0.4, -0.2) is 15.0 Å². The topological polar surface area (TPSA) is 38.7 Å². The lowest BCUT2D eigenvalue weighted by Crippen LogP contribution is -2.09. The predicted octanol–water partition coefficient (Wildman–Crippen LogP) is 3.17. The number of halogens is 3. The Kier molecular flexibility index (Phi) is 3.02. The van der Waals surface area contributed by atoms with E-state index in [0.717, 1.165) is 6.07 Å². The van der Waals surface area contributed by atoms with Crippen molar-refractivity contribution in [1.29, 1.82) is 0 Å². The van der Waals surface area contributed by atoms with E-state index >= 15 is 0 Å². The van der Waals surface area contributed by atoms with Gasteiger partial charge in [0.05, 0.1) is 0 Å². The Morgan fingerprint density at radius 2 is 1.72 bits per heavy atom. The molecule has 0 amide bonds. The van der Waals surface area contributed by atoms with Crippen LogP contribution in [0.1, 0.15) is 17.1 Å². The van der Waals surface area contributed by atoms with Gasteiger partial charge in [0.25, 0.3) is 0 Å². The first-order valence-electron chi connectivity index (χ1n) is 5.22. The van der Waals surface area contributed by atoms with E-state index in [2.05, 4.69) is 15.0 Å². The lowest BCUT2D eigenvalue weighted by Gasteiger charge is -2.09. The molecule has 0 N–H and O–H groups in total. The average Bonchev–Trinajstić information content (AvgIpc) is 2.27. The van der Waals surface area contributed by atoms with Crippen LogP contribution in [-0.2, 0) is 6.18 Å². The minimum atomic E-state index is -4.47. The highest BCUT2D eigenvalue weighted by Gasteiger charge is 2.33. The van der Waals surface area contributed by atoms with Crippen LogP contribution in [0.5, 0.6) is 0 Å². The van der Waals surface area contributed by atoms with E-state index in [1.165, 1.54) is 19.2 Å². The predicted molar refractivity (Wildman–Crippen MR) is 59.7 cm³/mol. The fourth-order valence-electron chi connectivity index (χ4n) is 1.53. The van der Waals surface area contributed by atoms with Crippen molar-refractivity contribution in [3.05, 3.63) is 41.5 Å². The zero-order valence-corrected chi connectivity index (χ0v) is 9.78. The van der Waals surface area contributed by atoms with Gasteiger partial charge >= 0.3 is 6.18 Å². The van der Waals surface area contributed by atoms with Gasteiger partial charge in [0.1, 0.15) is 5.69 Å². The monoisotopic (exact) mass is 253 g/mol. The zero-order chi connectivity index (χ0) is 13.3. The molecule has 0 radical (unpaired) electrons. The zero-order valence-electron chi connectivity index (χ0n) is 9.78. The molecule has 2 rings (SSSR count). The van der Waals surface area contributed by atoms with E-state index in [1.807, 2.05) is 0 Å². The smallest absolute Gasteiger partial charge is 0.249 e. The molecule has 0 spiro atoms. The first-order chi connectivity index (χ1) is 8.36. The summed E-state index contributed by atoms with van der Waals surface area (Å²) in [7, 11) is 0. The van der Waals surface area contributed by atoms with Crippen molar-refractivity contribution in [3.63, 3.8) is 0 Å². The third kappa shape index (κ3) is 2.64. The summed E-state index contributed by atoms with van der Waals surface area (Å²) in [6.45, 7) is 3.26. The number of hydrogen-bond acceptors (Lipinski definition) is 3. The highest BCUT2D eigenvalue weighted by atomic mass is 19.4. The van der Waals surface area contributed by atoms with Crippen LogP contribution in [0.3, 0.4) is 0 Å². The maximum absolute atomic E-state index is 12.6. The molecule has 0 saturated heterocycles. The summed E-state index contributed by atoms with van der Waals surface area (Å²) in [5.41, 5.74) is 0.370. The molecule has 0 aromatic carbocycles. The molecule has 0 atom stereocenters. The van der Waals surface area contributed by atoms with Gasteiger partial charge in [-0.05, 0) is 32.0 Å². The molecule has 0 aliphatic rings. The molecule has 0 aliphatic carbocycles. The highest BCUT2D eigenvalue weighted by molar-refractivity contribution is 5.56. The summed E-state index contributed by atoms with van der Waals surface area (Å²) in [5, 5.41) is 0. The average molecular weight is 253 g/mol. The molecule has 6 heteroatoms. The second kappa shape index (κ2) is 4.36. The number of pyridine rings is 1. The fourth-order valence-corrected chi connectivity index (χ4v) is 1.53. The molecule has 0 aliphatic heterocycles. The van der Waals surface area contributed by atoms with E-state index in [1.54, 1.807) is 13.0 Å². The van der Waals surface area contributed by atoms with E-state index in [0.29, 0.717) is 11.3 Å². The van der Waals surface area contributed by atoms with Crippen LogP contribution in [0.4, 0.5) is 13.2 Å². The first-order valence-corrected chi connectivity index (χ1v) is 5.22. The quantitative estimate of drug-likeness (QED) is 0.783. The lowest BCUT2D eigenvalue weighted by atomic mass is 10.1. The molecular formula is C12H10F3N3. The second-order valence-electron chi connectivity index (χ2n) is 3.90. The number of aromatic nitrogens is 3. The van der Waals surface area contributed by atoms with Gasteiger partial charge in [-0.1, -0.05) is 0 Å². The molecule has 0 bridgehead atoms. The van der Waals surface area contributed by atoms with Crippen molar-refractivity contribution in [3.8, 4) is 11.4 Å². The summed E-state index contributed by atoms with van der Waals surface area (Å²) >= 11 is 0. The van der Waals surface area contributed by atoms with Gasteiger partial charge in [-0.3, -0.25) is 0 Å². The maximum Gasteiger partial charge on any atom is 0.433 e. The number of rotatable bonds is 1. The SMILES string of the molecule is Cc1cc(-c2nccc(C)n2)cc(C(F)(F)F)n1. The third-order valence-corrected chi connectivity index (χ3v) is 2.30. The highest BCUT2D eigenvalue weighted by Crippen LogP contribution is 2.30. The molecule has 0 unspecified atom stereocenters. The number of aryl methyl sites for hydroxylation is 2. The van der Waals surface area contributed by atoms with Gasteiger partial charge in [0.2, 0.25) is 0 Å². The van der Waals surface area contributed by atoms with E-state index in [9.17, 15) is 13.2 Å². The number of alkyl halides is 3. The lowest BCUT2D eigenvalue weighted by molar-refractivity contribution is -0.141. The Morgan fingerprint density at radius 3 is 2.33 bits per heavy atom. The molecule has 2 aromatic rings. The summed E-state index contributed by atoms with van der Waals surface area (Å²) in [5.74, 6) is 0.269. The Labute approximate surface area is 102 Å². The Morgan fingerprint density at radius 1 is 1.00 bits per heavy atom. The van der Waals surface area contributed by atoms with E-state index < -0.39 is 11.9 Å². The molecule has 2 heterocycles. The van der Waals surface area contributed by atoms with Crippen molar-refractivity contribution in [1.82, 2.24) is 15.0 Å².